The predicted molar refractivity (Wildman–Crippen MR) is 99.4 cm³/mol. The number of hydrogen-bond acceptors (Lipinski definition) is 5. The molecule has 0 spiro atoms. The van der Waals surface area contributed by atoms with Gasteiger partial charge in [0.1, 0.15) is 0 Å². The van der Waals surface area contributed by atoms with Crippen molar-refractivity contribution >= 4 is 33.1 Å². The van der Waals surface area contributed by atoms with Crippen molar-refractivity contribution in [2.45, 2.75) is 13.5 Å². The molecule has 1 heterocycles. The summed E-state index contributed by atoms with van der Waals surface area (Å²) < 4.78 is 8.11. The van der Waals surface area contributed by atoms with Gasteiger partial charge in [0, 0.05) is 31.4 Å². The van der Waals surface area contributed by atoms with Crippen LogP contribution in [0.1, 0.15) is 15.9 Å². The number of nitro groups is 1. The molecule has 0 N–H and O–H groups in total. The van der Waals surface area contributed by atoms with Crippen LogP contribution in [0, 0.1) is 17.0 Å². The number of aryl methyl sites for hydroxylation is 1. The van der Waals surface area contributed by atoms with Crippen LogP contribution in [0.2, 0.25) is 0 Å². The van der Waals surface area contributed by atoms with E-state index in [0.717, 1.165) is 15.8 Å². The van der Waals surface area contributed by atoms with Crippen molar-refractivity contribution in [2.24, 2.45) is 4.99 Å². The molecular weight excluding hydrogens is 354 g/mol. The first-order valence-electron chi connectivity index (χ1n) is 7.92. The van der Waals surface area contributed by atoms with E-state index < -0.39 is 10.8 Å². The lowest BCUT2D eigenvalue weighted by molar-refractivity contribution is -0.384. The highest BCUT2D eigenvalue weighted by Gasteiger charge is 2.12. The quantitative estimate of drug-likeness (QED) is 0.508. The van der Waals surface area contributed by atoms with Gasteiger partial charge in [0.2, 0.25) is 0 Å². The Bertz CT molecular complexity index is 1050. The van der Waals surface area contributed by atoms with Gasteiger partial charge in [0.15, 0.2) is 4.80 Å². The van der Waals surface area contributed by atoms with Crippen molar-refractivity contribution in [1.29, 1.82) is 0 Å². The number of rotatable bonds is 5. The first-order valence-corrected chi connectivity index (χ1v) is 8.73. The Balaban J connectivity index is 2.09. The van der Waals surface area contributed by atoms with Crippen LogP contribution in [0.3, 0.4) is 0 Å². The van der Waals surface area contributed by atoms with E-state index in [2.05, 4.69) is 4.99 Å². The number of carbonyl (C=O) groups excluding carboxylic acids is 1. The maximum absolute atomic E-state index is 12.5. The first kappa shape index (κ1) is 18.0. The number of carbonyl (C=O) groups is 1. The Morgan fingerprint density at radius 2 is 2.12 bits per heavy atom. The van der Waals surface area contributed by atoms with E-state index in [1.807, 2.05) is 29.7 Å². The van der Waals surface area contributed by atoms with Crippen molar-refractivity contribution in [1.82, 2.24) is 4.57 Å². The van der Waals surface area contributed by atoms with Crippen LogP contribution in [0.25, 0.3) is 10.2 Å². The molecule has 0 saturated carbocycles. The molecule has 0 unspecified atom stereocenters. The van der Waals surface area contributed by atoms with E-state index in [1.165, 1.54) is 35.6 Å². The minimum absolute atomic E-state index is 0.134. The third-order valence-corrected chi connectivity index (χ3v) is 4.90. The second-order valence-electron chi connectivity index (χ2n) is 5.72. The van der Waals surface area contributed by atoms with Gasteiger partial charge in [-0.15, -0.1) is 0 Å². The molecule has 1 aromatic heterocycles. The standard InChI is InChI=1S/C18H17N3O4S/c1-12-6-7-15-16(10-12)26-18(20(15)8-9-25-2)19-17(22)13-4-3-5-14(11-13)21(23)24/h3-7,10-11H,8-9H2,1-2H3. The Labute approximate surface area is 153 Å². The van der Waals surface area contributed by atoms with E-state index in [1.54, 1.807) is 7.11 Å². The summed E-state index contributed by atoms with van der Waals surface area (Å²) in [5.41, 5.74) is 2.15. The summed E-state index contributed by atoms with van der Waals surface area (Å²) in [5.74, 6) is -0.511. The number of ether oxygens (including phenoxy) is 1. The van der Waals surface area contributed by atoms with Gasteiger partial charge in [-0.25, -0.2) is 0 Å². The van der Waals surface area contributed by atoms with Crippen LogP contribution in [-0.4, -0.2) is 29.1 Å². The maximum Gasteiger partial charge on any atom is 0.279 e. The zero-order chi connectivity index (χ0) is 18.7. The summed E-state index contributed by atoms with van der Waals surface area (Å²) >= 11 is 1.41. The topological polar surface area (TPSA) is 86.7 Å². The molecule has 0 aliphatic heterocycles. The average Bonchev–Trinajstić information content (AvgIpc) is 2.95. The molecule has 0 fully saturated rings. The van der Waals surface area contributed by atoms with Gasteiger partial charge in [-0.2, -0.15) is 4.99 Å². The van der Waals surface area contributed by atoms with Crippen molar-refractivity contribution in [2.75, 3.05) is 13.7 Å². The molecule has 26 heavy (non-hydrogen) atoms. The second kappa shape index (κ2) is 7.59. The number of hydrogen-bond donors (Lipinski definition) is 0. The number of thiazole rings is 1. The highest BCUT2D eigenvalue weighted by atomic mass is 32.1. The Kier molecular flexibility index (Phi) is 5.24. The Hall–Kier alpha value is -2.84. The van der Waals surface area contributed by atoms with Crippen molar-refractivity contribution < 1.29 is 14.5 Å². The van der Waals surface area contributed by atoms with Gasteiger partial charge >= 0.3 is 0 Å². The van der Waals surface area contributed by atoms with Gasteiger partial charge in [0.05, 0.1) is 21.7 Å². The van der Waals surface area contributed by atoms with E-state index in [9.17, 15) is 14.9 Å². The average molecular weight is 371 g/mol. The van der Waals surface area contributed by atoms with Crippen LogP contribution in [0.5, 0.6) is 0 Å². The van der Waals surface area contributed by atoms with Crippen LogP contribution in [0.15, 0.2) is 47.5 Å². The number of methoxy groups -OCH3 is 1. The van der Waals surface area contributed by atoms with Crippen LogP contribution < -0.4 is 4.80 Å². The van der Waals surface area contributed by atoms with E-state index >= 15 is 0 Å². The molecule has 0 atom stereocenters. The van der Waals surface area contributed by atoms with E-state index in [0.29, 0.717) is 18.0 Å². The van der Waals surface area contributed by atoms with E-state index in [-0.39, 0.29) is 11.3 Å². The van der Waals surface area contributed by atoms with Crippen molar-refractivity contribution in [3.63, 3.8) is 0 Å². The third kappa shape index (κ3) is 3.71. The second-order valence-corrected chi connectivity index (χ2v) is 6.73. The summed E-state index contributed by atoms with van der Waals surface area (Å²) in [5, 5.41) is 10.9. The van der Waals surface area contributed by atoms with Crippen LogP contribution in [-0.2, 0) is 11.3 Å². The SMILES string of the molecule is COCCn1c(=NC(=O)c2cccc([N+](=O)[O-])c2)sc2cc(C)ccc21. The highest BCUT2D eigenvalue weighted by molar-refractivity contribution is 7.16. The number of aromatic nitrogens is 1. The van der Waals surface area contributed by atoms with Gasteiger partial charge in [-0.1, -0.05) is 23.5 Å². The molecule has 3 aromatic rings. The minimum Gasteiger partial charge on any atom is -0.383 e. The van der Waals surface area contributed by atoms with Crippen LogP contribution in [0.4, 0.5) is 5.69 Å². The van der Waals surface area contributed by atoms with Crippen molar-refractivity contribution in [3.8, 4) is 0 Å². The predicted octanol–water partition coefficient (Wildman–Crippen LogP) is 3.31. The molecule has 0 saturated heterocycles. The zero-order valence-electron chi connectivity index (χ0n) is 14.3. The van der Waals surface area contributed by atoms with Crippen LogP contribution >= 0.6 is 11.3 Å². The zero-order valence-corrected chi connectivity index (χ0v) is 15.2. The summed E-state index contributed by atoms with van der Waals surface area (Å²) in [6, 6.07) is 11.6. The Morgan fingerprint density at radius 3 is 2.85 bits per heavy atom. The molecule has 7 nitrogen and oxygen atoms in total. The summed E-state index contributed by atoms with van der Waals surface area (Å²) in [4.78, 5) is 27.7. The lowest BCUT2D eigenvalue weighted by atomic mass is 10.2. The van der Waals surface area contributed by atoms with Gasteiger partial charge in [-0.3, -0.25) is 14.9 Å². The summed E-state index contributed by atoms with van der Waals surface area (Å²) in [6.45, 7) is 3.04. The number of fused-ring (bicyclic) bond motifs is 1. The highest BCUT2D eigenvalue weighted by Crippen LogP contribution is 2.19. The number of amides is 1. The number of benzene rings is 2. The van der Waals surface area contributed by atoms with Crippen molar-refractivity contribution in [3.05, 3.63) is 68.5 Å². The van der Waals surface area contributed by atoms with Gasteiger partial charge < -0.3 is 9.30 Å². The normalized spacial score (nSPS) is 11.8. The largest absolute Gasteiger partial charge is 0.383 e. The number of non-ortho nitro benzene ring substituents is 1. The summed E-state index contributed by atoms with van der Waals surface area (Å²) in [6.07, 6.45) is 0. The van der Waals surface area contributed by atoms with Gasteiger partial charge in [0.25, 0.3) is 11.6 Å². The lowest BCUT2D eigenvalue weighted by Gasteiger charge is -2.04. The number of nitrogens with zero attached hydrogens (tertiary/aromatic N) is 3. The molecule has 2 aromatic carbocycles. The fourth-order valence-corrected chi connectivity index (χ4v) is 3.72. The molecule has 0 bridgehead atoms. The monoisotopic (exact) mass is 371 g/mol. The molecule has 0 aliphatic rings. The Morgan fingerprint density at radius 1 is 1.31 bits per heavy atom. The fraction of sp³-hybridized carbons (Fsp3) is 0.222. The smallest absolute Gasteiger partial charge is 0.279 e. The molecule has 134 valence electrons. The lowest BCUT2D eigenvalue weighted by Crippen LogP contribution is -2.19. The molecule has 3 rings (SSSR count). The maximum atomic E-state index is 12.5. The van der Waals surface area contributed by atoms with E-state index in [4.69, 9.17) is 4.74 Å². The molecular formula is C18H17N3O4S. The third-order valence-electron chi connectivity index (χ3n) is 3.86. The minimum atomic E-state index is -0.530. The number of nitro benzene ring substituents is 1. The molecule has 8 heteroatoms. The van der Waals surface area contributed by atoms with Gasteiger partial charge in [-0.05, 0) is 30.7 Å². The fourth-order valence-electron chi connectivity index (χ4n) is 2.57. The first-order chi connectivity index (χ1) is 12.5. The molecule has 1 amide bonds. The molecule has 0 radical (unpaired) electrons. The molecule has 0 aliphatic carbocycles. The summed E-state index contributed by atoms with van der Waals surface area (Å²) in [7, 11) is 1.62.